The van der Waals surface area contributed by atoms with Gasteiger partial charge in [-0.1, -0.05) is 66.7 Å². The maximum Gasteiger partial charge on any atom is 0.318 e. The molecular formula is C28H30N6O. The second-order valence-electron chi connectivity index (χ2n) is 8.80. The molecule has 1 aliphatic heterocycles. The number of benzene rings is 2. The Labute approximate surface area is 206 Å². The van der Waals surface area contributed by atoms with Gasteiger partial charge in [0.05, 0.1) is 23.1 Å². The maximum atomic E-state index is 13.3. The zero-order chi connectivity index (χ0) is 24.2. The summed E-state index contributed by atoms with van der Waals surface area (Å²) in [5.74, 6) is 0.810. The van der Waals surface area contributed by atoms with Crippen molar-refractivity contribution in [1.82, 2.24) is 25.0 Å². The van der Waals surface area contributed by atoms with E-state index in [1.165, 1.54) is 0 Å². The van der Waals surface area contributed by atoms with E-state index in [1.54, 1.807) is 6.20 Å². The van der Waals surface area contributed by atoms with Gasteiger partial charge in [0.2, 0.25) is 0 Å². The topological polar surface area (TPSA) is 66.3 Å². The van der Waals surface area contributed by atoms with Crippen LogP contribution >= 0.6 is 0 Å². The average Bonchev–Trinajstić information content (AvgIpc) is 3.22. The van der Waals surface area contributed by atoms with E-state index in [9.17, 15) is 4.79 Å². The first-order valence-electron chi connectivity index (χ1n) is 12.0. The predicted octanol–water partition coefficient (Wildman–Crippen LogP) is 4.51. The maximum absolute atomic E-state index is 13.3. The standard InChI is InChI=1S/C28H30N6O/c1-21-27(22(2)34(31-21)25-15-9-10-16-29-25)32-17-19-33(20-18-32)28(35)30-26(23-11-5-3-6-12-23)24-13-7-4-8-14-24/h3-16,26H,17-20H2,1-2H3,(H,30,35). The molecule has 0 aliphatic carbocycles. The van der Waals surface area contributed by atoms with Gasteiger partial charge in [0, 0.05) is 32.4 Å². The van der Waals surface area contributed by atoms with Crippen LogP contribution in [0.5, 0.6) is 0 Å². The first-order chi connectivity index (χ1) is 17.1. The van der Waals surface area contributed by atoms with Crippen molar-refractivity contribution in [3.63, 3.8) is 0 Å². The van der Waals surface area contributed by atoms with Crippen LogP contribution in [0.4, 0.5) is 10.5 Å². The molecule has 0 bridgehead atoms. The summed E-state index contributed by atoms with van der Waals surface area (Å²) in [6, 6.07) is 25.8. The van der Waals surface area contributed by atoms with E-state index >= 15 is 0 Å². The first kappa shape index (κ1) is 22.7. The molecule has 1 fully saturated rings. The summed E-state index contributed by atoms with van der Waals surface area (Å²) in [5, 5.41) is 8.00. The second kappa shape index (κ2) is 10.0. The van der Waals surface area contributed by atoms with Crippen LogP contribution in [0.15, 0.2) is 85.1 Å². The van der Waals surface area contributed by atoms with Gasteiger partial charge in [0.1, 0.15) is 0 Å². The lowest BCUT2D eigenvalue weighted by Gasteiger charge is -2.37. The van der Waals surface area contributed by atoms with Crippen LogP contribution in [-0.2, 0) is 0 Å². The van der Waals surface area contributed by atoms with E-state index in [-0.39, 0.29) is 12.1 Å². The summed E-state index contributed by atoms with van der Waals surface area (Å²) < 4.78 is 1.90. The summed E-state index contributed by atoms with van der Waals surface area (Å²) in [6.45, 7) is 6.92. The predicted molar refractivity (Wildman–Crippen MR) is 138 cm³/mol. The molecule has 0 spiro atoms. The summed E-state index contributed by atoms with van der Waals surface area (Å²) >= 11 is 0. The highest BCUT2D eigenvalue weighted by molar-refractivity contribution is 5.76. The molecule has 0 atom stereocenters. The number of urea groups is 1. The van der Waals surface area contributed by atoms with Gasteiger partial charge < -0.3 is 15.1 Å². The summed E-state index contributed by atoms with van der Waals surface area (Å²) in [6.07, 6.45) is 1.78. The Hall–Kier alpha value is -4.13. The van der Waals surface area contributed by atoms with E-state index in [4.69, 9.17) is 5.10 Å². The normalized spacial score (nSPS) is 13.8. The van der Waals surface area contributed by atoms with Crippen LogP contribution in [0.25, 0.3) is 5.82 Å². The number of hydrogen-bond donors (Lipinski definition) is 1. The molecule has 5 rings (SSSR count). The number of hydrogen-bond acceptors (Lipinski definition) is 4. The van der Waals surface area contributed by atoms with Gasteiger partial charge in [0.15, 0.2) is 5.82 Å². The minimum atomic E-state index is -0.191. The number of carbonyl (C=O) groups is 1. The fourth-order valence-electron chi connectivity index (χ4n) is 4.79. The number of nitrogens with one attached hydrogen (secondary N) is 1. The van der Waals surface area contributed by atoms with Gasteiger partial charge in [-0.2, -0.15) is 5.10 Å². The zero-order valence-corrected chi connectivity index (χ0v) is 20.1. The highest BCUT2D eigenvalue weighted by Gasteiger charge is 2.27. The van der Waals surface area contributed by atoms with Crippen LogP contribution < -0.4 is 10.2 Å². The van der Waals surface area contributed by atoms with Crippen molar-refractivity contribution in [3.05, 3.63) is 108 Å². The van der Waals surface area contributed by atoms with Crippen molar-refractivity contribution in [2.24, 2.45) is 0 Å². The number of rotatable bonds is 5. The molecule has 3 heterocycles. The molecular weight excluding hydrogens is 436 g/mol. The van der Waals surface area contributed by atoms with E-state index in [1.807, 2.05) is 71.1 Å². The molecule has 35 heavy (non-hydrogen) atoms. The number of amides is 2. The third-order valence-electron chi connectivity index (χ3n) is 6.54. The number of aromatic nitrogens is 3. The molecule has 7 heteroatoms. The quantitative estimate of drug-likeness (QED) is 0.470. The molecule has 2 aromatic heterocycles. The van der Waals surface area contributed by atoms with Crippen molar-refractivity contribution in [2.75, 3.05) is 31.1 Å². The van der Waals surface area contributed by atoms with E-state index in [2.05, 4.69) is 46.4 Å². The Morgan fingerprint density at radius 2 is 1.43 bits per heavy atom. The average molecular weight is 467 g/mol. The third kappa shape index (κ3) is 4.75. The SMILES string of the molecule is Cc1nn(-c2ccccn2)c(C)c1N1CCN(C(=O)NC(c2ccccc2)c2ccccc2)CC1. The van der Waals surface area contributed by atoms with Crippen molar-refractivity contribution in [1.29, 1.82) is 0 Å². The monoisotopic (exact) mass is 466 g/mol. The fraction of sp³-hybridized carbons (Fsp3) is 0.250. The highest BCUT2D eigenvalue weighted by Crippen LogP contribution is 2.28. The number of aryl methyl sites for hydroxylation is 1. The number of anilines is 1. The summed E-state index contributed by atoms with van der Waals surface area (Å²) in [5.41, 5.74) is 5.30. The van der Waals surface area contributed by atoms with Crippen molar-refractivity contribution in [2.45, 2.75) is 19.9 Å². The van der Waals surface area contributed by atoms with Crippen LogP contribution in [0, 0.1) is 13.8 Å². The molecule has 178 valence electrons. The van der Waals surface area contributed by atoms with Crippen LogP contribution in [0.2, 0.25) is 0 Å². The lowest BCUT2D eigenvalue weighted by Crippen LogP contribution is -2.52. The summed E-state index contributed by atoms with van der Waals surface area (Å²) in [4.78, 5) is 22.0. The molecule has 0 radical (unpaired) electrons. The van der Waals surface area contributed by atoms with E-state index in [0.29, 0.717) is 13.1 Å². The Balaban J connectivity index is 1.28. The first-order valence-corrected chi connectivity index (χ1v) is 12.0. The Kier molecular flexibility index (Phi) is 6.48. The van der Waals surface area contributed by atoms with Gasteiger partial charge in [-0.15, -0.1) is 0 Å². The lowest BCUT2D eigenvalue weighted by molar-refractivity contribution is 0.192. The third-order valence-corrected chi connectivity index (χ3v) is 6.54. The number of piperazine rings is 1. The van der Waals surface area contributed by atoms with Gasteiger partial charge in [-0.05, 0) is 37.1 Å². The molecule has 1 aliphatic rings. The summed E-state index contributed by atoms with van der Waals surface area (Å²) in [7, 11) is 0. The van der Waals surface area contributed by atoms with Crippen LogP contribution in [0.3, 0.4) is 0 Å². The number of carbonyl (C=O) groups excluding carboxylic acids is 1. The van der Waals surface area contributed by atoms with Crippen molar-refractivity contribution in [3.8, 4) is 5.82 Å². The van der Waals surface area contributed by atoms with E-state index in [0.717, 1.165) is 47.1 Å². The zero-order valence-electron chi connectivity index (χ0n) is 20.1. The van der Waals surface area contributed by atoms with Crippen LogP contribution in [-0.4, -0.2) is 51.9 Å². The Morgan fingerprint density at radius 3 is 2.00 bits per heavy atom. The fourth-order valence-corrected chi connectivity index (χ4v) is 4.79. The van der Waals surface area contributed by atoms with Gasteiger partial charge >= 0.3 is 6.03 Å². The molecule has 0 unspecified atom stereocenters. The van der Waals surface area contributed by atoms with Gasteiger partial charge in [-0.25, -0.2) is 14.5 Å². The number of nitrogens with zero attached hydrogens (tertiary/aromatic N) is 5. The molecule has 2 aromatic carbocycles. The Morgan fingerprint density at radius 1 is 0.829 bits per heavy atom. The van der Waals surface area contributed by atoms with Gasteiger partial charge in [-0.3, -0.25) is 0 Å². The molecule has 2 amide bonds. The van der Waals surface area contributed by atoms with Gasteiger partial charge in [0.25, 0.3) is 0 Å². The number of pyridine rings is 1. The molecule has 4 aromatic rings. The second-order valence-corrected chi connectivity index (χ2v) is 8.80. The van der Waals surface area contributed by atoms with E-state index < -0.39 is 0 Å². The van der Waals surface area contributed by atoms with Crippen molar-refractivity contribution >= 4 is 11.7 Å². The lowest BCUT2D eigenvalue weighted by atomic mass is 9.99. The minimum absolute atomic E-state index is 0.0417. The molecule has 0 saturated carbocycles. The minimum Gasteiger partial charge on any atom is -0.365 e. The smallest absolute Gasteiger partial charge is 0.318 e. The molecule has 1 N–H and O–H groups in total. The largest absolute Gasteiger partial charge is 0.365 e. The highest BCUT2D eigenvalue weighted by atomic mass is 16.2. The Bertz CT molecular complexity index is 1230. The van der Waals surface area contributed by atoms with Crippen LogP contribution in [0.1, 0.15) is 28.6 Å². The molecule has 1 saturated heterocycles. The molecule has 7 nitrogen and oxygen atoms in total. The van der Waals surface area contributed by atoms with Crippen molar-refractivity contribution < 1.29 is 4.79 Å².